The lowest BCUT2D eigenvalue weighted by atomic mass is 10.0. The van der Waals surface area contributed by atoms with Gasteiger partial charge in [-0.1, -0.05) is 18.2 Å². The van der Waals surface area contributed by atoms with Crippen LogP contribution in [-0.4, -0.2) is 37.2 Å². The summed E-state index contributed by atoms with van der Waals surface area (Å²) in [7, 11) is 0. The Morgan fingerprint density at radius 2 is 2.00 bits per heavy atom. The molecule has 0 saturated heterocycles. The zero-order valence-corrected chi connectivity index (χ0v) is 16.5. The van der Waals surface area contributed by atoms with E-state index >= 15 is 0 Å². The van der Waals surface area contributed by atoms with E-state index in [-0.39, 0.29) is 11.7 Å². The van der Waals surface area contributed by atoms with Crippen LogP contribution in [0.4, 0.5) is 4.39 Å². The van der Waals surface area contributed by atoms with Crippen LogP contribution >= 0.6 is 0 Å². The number of hydrogen-bond acceptors (Lipinski definition) is 4. The second-order valence-corrected chi connectivity index (χ2v) is 6.85. The number of rotatable bonds is 7. The molecule has 0 aliphatic heterocycles. The summed E-state index contributed by atoms with van der Waals surface area (Å²) in [6.45, 7) is 3.25. The molecule has 0 aliphatic carbocycles. The Morgan fingerprint density at radius 1 is 1.13 bits per heavy atom. The third-order valence-electron chi connectivity index (χ3n) is 4.88. The molecule has 8 heteroatoms. The Bertz CT molecular complexity index is 1150. The van der Waals surface area contributed by atoms with Crippen LogP contribution in [0.15, 0.2) is 67.3 Å². The third kappa shape index (κ3) is 4.27. The van der Waals surface area contributed by atoms with E-state index in [1.54, 1.807) is 24.3 Å². The van der Waals surface area contributed by atoms with Gasteiger partial charge < -0.3 is 9.88 Å². The highest BCUT2D eigenvalue weighted by Crippen LogP contribution is 2.24. The summed E-state index contributed by atoms with van der Waals surface area (Å²) >= 11 is 0. The maximum atomic E-state index is 13.8. The first-order valence-corrected chi connectivity index (χ1v) is 9.70. The number of nitrogens with one attached hydrogen (secondary N) is 1. The summed E-state index contributed by atoms with van der Waals surface area (Å²) < 4.78 is 17.4. The molecule has 4 rings (SSSR count). The van der Waals surface area contributed by atoms with Crippen molar-refractivity contribution in [2.45, 2.75) is 19.9 Å². The predicted molar refractivity (Wildman–Crippen MR) is 111 cm³/mol. The fourth-order valence-corrected chi connectivity index (χ4v) is 3.24. The number of carbonyl (C=O) groups is 1. The summed E-state index contributed by atoms with van der Waals surface area (Å²) in [5, 5.41) is 14.2. The molecule has 152 valence electrons. The van der Waals surface area contributed by atoms with E-state index in [0.717, 1.165) is 17.7 Å². The minimum atomic E-state index is -0.268. The summed E-state index contributed by atoms with van der Waals surface area (Å²) in [5.41, 5.74) is 3.61. The SMILES string of the molecule is CCn1ccc(-c2cc(C(=O)NCCc3ccccc3F)cc(-n3cnnn3)c2)c1. The molecule has 0 saturated carbocycles. The topological polar surface area (TPSA) is 77.6 Å². The fourth-order valence-electron chi connectivity index (χ4n) is 3.24. The molecule has 2 heterocycles. The number of nitrogens with zero attached hydrogens (tertiary/aromatic N) is 5. The first kappa shape index (κ1) is 19.5. The van der Waals surface area contributed by atoms with Gasteiger partial charge in [0.25, 0.3) is 5.91 Å². The van der Waals surface area contributed by atoms with Gasteiger partial charge in [-0.2, -0.15) is 0 Å². The molecule has 4 aromatic rings. The van der Waals surface area contributed by atoms with Gasteiger partial charge in [-0.3, -0.25) is 4.79 Å². The molecule has 1 N–H and O–H groups in total. The molecule has 0 fully saturated rings. The molecular formula is C22H21FN6O. The molecular weight excluding hydrogens is 383 g/mol. The molecule has 0 aliphatic rings. The molecule has 0 unspecified atom stereocenters. The van der Waals surface area contributed by atoms with Gasteiger partial charge in [0, 0.05) is 31.0 Å². The molecule has 0 bridgehead atoms. The van der Waals surface area contributed by atoms with Crippen molar-refractivity contribution in [2.75, 3.05) is 6.54 Å². The molecule has 30 heavy (non-hydrogen) atoms. The highest BCUT2D eigenvalue weighted by Gasteiger charge is 2.12. The van der Waals surface area contributed by atoms with Gasteiger partial charge in [0.2, 0.25) is 0 Å². The molecule has 2 aromatic carbocycles. The van der Waals surface area contributed by atoms with Crippen LogP contribution in [0.3, 0.4) is 0 Å². The minimum Gasteiger partial charge on any atom is -0.354 e. The van der Waals surface area contributed by atoms with Crippen molar-refractivity contribution in [1.29, 1.82) is 0 Å². The van der Waals surface area contributed by atoms with Crippen molar-refractivity contribution in [3.05, 3.63) is 84.2 Å². The summed E-state index contributed by atoms with van der Waals surface area (Å²) in [6, 6.07) is 14.1. The smallest absolute Gasteiger partial charge is 0.251 e. The van der Waals surface area contributed by atoms with Crippen molar-refractivity contribution in [2.24, 2.45) is 0 Å². The molecule has 2 aromatic heterocycles. The van der Waals surface area contributed by atoms with E-state index in [9.17, 15) is 9.18 Å². The second-order valence-electron chi connectivity index (χ2n) is 6.85. The van der Waals surface area contributed by atoms with Crippen molar-refractivity contribution in [3.8, 4) is 16.8 Å². The first-order valence-electron chi connectivity index (χ1n) is 9.70. The Hall–Kier alpha value is -3.81. The number of hydrogen-bond donors (Lipinski definition) is 1. The predicted octanol–water partition coefficient (Wildman–Crippen LogP) is 3.26. The van der Waals surface area contributed by atoms with Crippen molar-refractivity contribution < 1.29 is 9.18 Å². The van der Waals surface area contributed by atoms with E-state index in [2.05, 4.69) is 32.3 Å². The first-order chi connectivity index (χ1) is 14.6. The van der Waals surface area contributed by atoms with Gasteiger partial charge >= 0.3 is 0 Å². The Balaban J connectivity index is 1.58. The van der Waals surface area contributed by atoms with Crippen LogP contribution in [-0.2, 0) is 13.0 Å². The summed E-state index contributed by atoms with van der Waals surface area (Å²) in [6.07, 6.45) is 5.92. The highest BCUT2D eigenvalue weighted by molar-refractivity contribution is 5.96. The standard InChI is InChI=1S/C22H21FN6O/c1-2-28-10-8-17(14-28)18-11-19(13-20(12-18)29-15-25-26-27-29)22(30)24-9-7-16-5-3-4-6-21(16)23/h3-6,8,10-15H,2,7,9H2,1H3,(H,24,30). The number of aromatic nitrogens is 5. The Kier molecular flexibility index (Phi) is 5.65. The molecule has 0 atom stereocenters. The molecule has 7 nitrogen and oxygen atoms in total. The number of aryl methyl sites for hydroxylation is 1. The van der Waals surface area contributed by atoms with Gasteiger partial charge in [-0.15, -0.1) is 5.10 Å². The van der Waals surface area contributed by atoms with Gasteiger partial charge in [0.15, 0.2) is 0 Å². The van der Waals surface area contributed by atoms with Gasteiger partial charge in [0.05, 0.1) is 5.69 Å². The van der Waals surface area contributed by atoms with E-state index in [1.807, 2.05) is 30.6 Å². The highest BCUT2D eigenvalue weighted by atomic mass is 19.1. The van der Waals surface area contributed by atoms with Crippen LogP contribution < -0.4 is 5.32 Å². The maximum Gasteiger partial charge on any atom is 0.251 e. The average molecular weight is 404 g/mol. The number of tetrazole rings is 1. The average Bonchev–Trinajstić information content (AvgIpc) is 3.47. The maximum absolute atomic E-state index is 13.8. The van der Waals surface area contributed by atoms with E-state index in [0.29, 0.717) is 29.8 Å². The van der Waals surface area contributed by atoms with Crippen molar-refractivity contribution in [1.82, 2.24) is 30.1 Å². The quantitative estimate of drug-likeness (QED) is 0.513. The largest absolute Gasteiger partial charge is 0.354 e. The van der Waals surface area contributed by atoms with Crippen LogP contribution in [0.25, 0.3) is 16.8 Å². The number of carbonyl (C=O) groups excluding carboxylic acids is 1. The Labute approximate surface area is 173 Å². The van der Waals surface area contributed by atoms with Crippen LogP contribution in [0, 0.1) is 5.82 Å². The van der Waals surface area contributed by atoms with Crippen molar-refractivity contribution >= 4 is 5.91 Å². The lowest BCUT2D eigenvalue weighted by molar-refractivity contribution is 0.0954. The monoisotopic (exact) mass is 404 g/mol. The van der Waals surface area contributed by atoms with Gasteiger partial charge in [-0.25, -0.2) is 9.07 Å². The Morgan fingerprint density at radius 3 is 2.73 bits per heavy atom. The van der Waals surface area contributed by atoms with E-state index < -0.39 is 0 Å². The molecule has 0 radical (unpaired) electrons. The summed E-state index contributed by atoms with van der Waals surface area (Å²) in [4.78, 5) is 12.8. The molecule has 0 spiro atoms. The van der Waals surface area contributed by atoms with E-state index in [1.165, 1.54) is 17.1 Å². The van der Waals surface area contributed by atoms with E-state index in [4.69, 9.17) is 0 Å². The number of halogens is 1. The summed E-state index contributed by atoms with van der Waals surface area (Å²) in [5.74, 6) is -0.507. The van der Waals surface area contributed by atoms with Crippen LogP contribution in [0.1, 0.15) is 22.8 Å². The van der Waals surface area contributed by atoms with Crippen LogP contribution in [0.2, 0.25) is 0 Å². The zero-order chi connectivity index (χ0) is 20.9. The third-order valence-corrected chi connectivity index (χ3v) is 4.88. The van der Waals surface area contributed by atoms with Gasteiger partial charge in [-0.05, 0) is 70.8 Å². The number of amides is 1. The lowest BCUT2D eigenvalue weighted by Crippen LogP contribution is -2.26. The molecule has 1 amide bonds. The minimum absolute atomic E-state index is 0.238. The fraction of sp³-hybridized carbons (Fsp3) is 0.182. The second kappa shape index (κ2) is 8.69. The normalized spacial score (nSPS) is 10.9. The lowest BCUT2D eigenvalue weighted by Gasteiger charge is -2.10. The zero-order valence-electron chi connectivity index (χ0n) is 16.5. The van der Waals surface area contributed by atoms with Crippen LogP contribution in [0.5, 0.6) is 0 Å². The number of benzene rings is 2. The van der Waals surface area contributed by atoms with Gasteiger partial charge in [0.1, 0.15) is 12.1 Å². The van der Waals surface area contributed by atoms with Crippen molar-refractivity contribution in [3.63, 3.8) is 0 Å².